The number of hydrogen-bond donors (Lipinski definition) is 1. The Labute approximate surface area is 98.4 Å². The molecular formula is C11H10Cl2N2. The van der Waals surface area contributed by atoms with Crippen molar-refractivity contribution in [3.8, 4) is 0 Å². The minimum absolute atomic E-state index is 0.585. The van der Waals surface area contributed by atoms with Crippen molar-refractivity contribution in [2.75, 3.05) is 5.43 Å². The summed E-state index contributed by atoms with van der Waals surface area (Å²) in [5.74, 6) is 0. The highest BCUT2D eigenvalue weighted by Gasteiger charge is 1.98. The quantitative estimate of drug-likeness (QED) is 0.869. The minimum Gasteiger partial charge on any atom is -0.322 e. The Balaban J connectivity index is 2.02. The van der Waals surface area contributed by atoms with Gasteiger partial charge in [-0.25, -0.2) is 0 Å². The van der Waals surface area contributed by atoms with Crippen LogP contribution in [0.5, 0.6) is 0 Å². The lowest BCUT2D eigenvalue weighted by Gasteiger charge is -2.08. The highest BCUT2D eigenvalue weighted by Crippen LogP contribution is 2.22. The van der Waals surface area contributed by atoms with E-state index in [1.165, 1.54) is 0 Å². The van der Waals surface area contributed by atoms with E-state index < -0.39 is 0 Å². The first-order chi connectivity index (χ1) is 7.25. The summed E-state index contributed by atoms with van der Waals surface area (Å²) in [6, 6.07) is 9.53. The first kappa shape index (κ1) is 10.4. The maximum Gasteiger partial charge on any atom is 0.0595 e. The van der Waals surface area contributed by atoms with Crippen molar-refractivity contribution in [3.63, 3.8) is 0 Å². The third kappa shape index (κ3) is 2.67. The largest absolute Gasteiger partial charge is 0.322 e. The van der Waals surface area contributed by atoms with Crippen LogP contribution in [0.4, 0.5) is 0 Å². The molecule has 4 heteroatoms. The fraction of sp³-hybridized carbons (Fsp3) is 0.0909. The van der Waals surface area contributed by atoms with E-state index in [2.05, 4.69) is 5.43 Å². The van der Waals surface area contributed by atoms with Gasteiger partial charge < -0.3 is 5.43 Å². The monoisotopic (exact) mass is 240 g/mol. The number of benzene rings is 1. The number of nitrogens with zero attached hydrogens (tertiary/aromatic N) is 1. The molecule has 0 saturated heterocycles. The van der Waals surface area contributed by atoms with Crippen LogP contribution in [-0.2, 0) is 6.54 Å². The molecule has 0 unspecified atom stereocenters. The number of rotatable bonds is 3. The van der Waals surface area contributed by atoms with E-state index in [-0.39, 0.29) is 0 Å². The fourth-order valence-electron chi connectivity index (χ4n) is 1.27. The van der Waals surface area contributed by atoms with Gasteiger partial charge >= 0.3 is 0 Å². The van der Waals surface area contributed by atoms with Crippen LogP contribution in [0.25, 0.3) is 0 Å². The van der Waals surface area contributed by atoms with Gasteiger partial charge in [0, 0.05) is 12.4 Å². The first-order valence-corrected chi connectivity index (χ1v) is 5.32. The molecule has 1 aromatic heterocycles. The zero-order valence-corrected chi connectivity index (χ0v) is 9.46. The zero-order valence-electron chi connectivity index (χ0n) is 7.95. The van der Waals surface area contributed by atoms with Crippen molar-refractivity contribution in [2.24, 2.45) is 0 Å². The van der Waals surface area contributed by atoms with E-state index in [4.69, 9.17) is 23.2 Å². The van der Waals surface area contributed by atoms with E-state index in [9.17, 15) is 0 Å². The second-order valence-corrected chi connectivity index (χ2v) is 3.99. The molecule has 0 atom stereocenters. The van der Waals surface area contributed by atoms with E-state index in [1.54, 1.807) is 6.07 Å². The molecule has 0 aliphatic carbocycles. The predicted molar refractivity (Wildman–Crippen MR) is 64.0 cm³/mol. The van der Waals surface area contributed by atoms with Gasteiger partial charge in [-0.3, -0.25) is 4.68 Å². The number of nitrogens with one attached hydrogen (secondary N) is 1. The van der Waals surface area contributed by atoms with E-state index >= 15 is 0 Å². The molecule has 2 nitrogen and oxygen atoms in total. The summed E-state index contributed by atoms with van der Waals surface area (Å²) in [7, 11) is 0. The van der Waals surface area contributed by atoms with Gasteiger partial charge in [0.2, 0.25) is 0 Å². The average molecular weight is 241 g/mol. The lowest BCUT2D eigenvalue weighted by molar-refractivity contribution is 0.847. The van der Waals surface area contributed by atoms with Gasteiger partial charge in [0.25, 0.3) is 0 Å². The van der Waals surface area contributed by atoms with Crippen LogP contribution < -0.4 is 5.43 Å². The Hall–Kier alpha value is -1.12. The molecule has 0 bridgehead atoms. The van der Waals surface area contributed by atoms with Gasteiger partial charge in [-0.2, -0.15) is 0 Å². The Kier molecular flexibility index (Phi) is 3.19. The Morgan fingerprint density at radius 1 is 1.07 bits per heavy atom. The molecular weight excluding hydrogens is 231 g/mol. The summed E-state index contributed by atoms with van der Waals surface area (Å²) >= 11 is 11.7. The molecule has 78 valence electrons. The molecule has 2 aromatic rings. The molecule has 0 aliphatic rings. The average Bonchev–Trinajstić information content (AvgIpc) is 2.73. The van der Waals surface area contributed by atoms with Crippen LogP contribution in [0, 0.1) is 0 Å². The summed E-state index contributed by atoms with van der Waals surface area (Å²) in [6.07, 6.45) is 3.88. The molecule has 15 heavy (non-hydrogen) atoms. The molecule has 0 aliphatic heterocycles. The fourth-order valence-corrected chi connectivity index (χ4v) is 1.59. The van der Waals surface area contributed by atoms with Gasteiger partial charge in [0.15, 0.2) is 0 Å². The highest BCUT2D eigenvalue weighted by atomic mass is 35.5. The van der Waals surface area contributed by atoms with Gasteiger partial charge in [-0.05, 0) is 29.8 Å². The number of aromatic nitrogens is 1. The Morgan fingerprint density at radius 2 is 1.80 bits per heavy atom. The number of halogens is 2. The third-order valence-electron chi connectivity index (χ3n) is 2.05. The van der Waals surface area contributed by atoms with Gasteiger partial charge in [0.1, 0.15) is 0 Å². The summed E-state index contributed by atoms with van der Waals surface area (Å²) in [5, 5.41) is 1.17. The summed E-state index contributed by atoms with van der Waals surface area (Å²) < 4.78 is 1.89. The maximum absolute atomic E-state index is 5.91. The van der Waals surface area contributed by atoms with Crippen LogP contribution in [0.1, 0.15) is 5.56 Å². The first-order valence-electron chi connectivity index (χ1n) is 4.56. The van der Waals surface area contributed by atoms with Crippen molar-refractivity contribution >= 4 is 23.2 Å². The molecule has 0 spiro atoms. The van der Waals surface area contributed by atoms with E-state index in [0.717, 1.165) is 5.56 Å². The van der Waals surface area contributed by atoms with Crippen molar-refractivity contribution in [1.82, 2.24) is 4.68 Å². The van der Waals surface area contributed by atoms with Crippen LogP contribution in [0.2, 0.25) is 10.0 Å². The second kappa shape index (κ2) is 4.60. The lowest BCUT2D eigenvalue weighted by Crippen LogP contribution is -2.11. The van der Waals surface area contributed by atoms with Gasteiger partial charge in [0.05, 0.1) is 16.6 Å². The van der Waals surface area contributed by atoms with Crippen LogP contribution in [0.15, 0.2) is 42.7 Å². The summed E-state index contributed by atoms with van der Waals surface area (Å²) in [4.78, 5) is 0. The van der Waals surface area contributed by atoms with Crippen molar-refractivity contribution < 1.29 is 0 Å². The third-order valence-corrected chi connectivity index (χ3v) is 2.79. The Morgan fingerprint density at radius 3 is 2.47 bits per heavy atom. The molecule has 1 heterocycles. The van der Waals surface area contributed by atoms with E-state index in [0.29, 0.717) is 16.6 Å². The summed E-state index contributed by atoms with van der Waals surface area (Å²) in [6.45, 7) is 0.714. The molecule has 0 saturated carbocycles. The van der Waals surface area contributed by atoms with Crippen molar-refractivity contribution in [3.05, 3.63) is 58.3 Å². The molecule has 2 rings (SSSR count). The lowest BCUT2D eigenvalue weighted by atomic mass is 10.2. The normalized spacial score (nSPS) is 10.3. The topological polar surface area (TPSA) is 17.0 Å². The minimum atomic E-state index is 0.585. The second-order valence-electron chi connectivity index (χ2n) is 3.17. The van der Waals surface area contributed by atoms with Gasteiger partial charge in [-0.15, -0.1) is 0 Å². The predicted octanol–water partition coefficient (Wildman–Crippen LogP) is 3.54. The highest BCUT2D eigenvalue weighted by molar-refractivity contribution is 6.42. The molecule has 0 fully saturated rings. The Bertz CT molecular complexity index is 438. The molecule has 0 amide bonds. The van der Waals surface area contributed by atoms with Crippen LogP contribution in [0.3, 0.4) is 0 Å². The summed E-state index contributed by atoms with van der Waals surface area (Å²) in [5.41, 5.74) is 4.30. The zero-order chi connectivity index (χ0) is 10.7. The van der Waals surface area contributed by atoms with Crippen molar-refractivity contribution in [2.45, 2.75) is 6.54 Å². The maximum atomic E-state index is 5.91. The molecule has 1 aromatic carbocycles. The SMILES string of the molecule is Clc1ccc(CNn2cccc2)cc1Cl. The van der Waals surface area contributed by atoms with E-state index in [1.807, 2.05) is 41.3 Å². The smallest absolute Gasteiger partial charge is 0.0595 e. The van der Waals surface area contributed by atoms with Gasteiger partial charge in [-0.1, -0.05) is 29.3 Å². The number of hydrogen-bond acceptors (Lipinski definition) is 1. The van der Waals surface area contributed by atoms with Crippen LogP contribution in [-0.4, -0.2) is 4.68 Å². The van der Waals surface area contributed by atoms with Crippen LogP contribution >= 0.6 is 23.2 Å². The molecule has 1 N–H and O–H groups in total. The molecule has 0 radical (unpaired) electrons. The van der Waals surface area contributed by atoms with Crippen molar-refractivity contribution in [1.29, 1.82) is 0 Å². The standard InChI is InChI=1S/C11H10Cl2N2/c12-10-4-3-9(7-11(10)13)8-14-15-5-1-2-6-15/h1-7,14H,8H2.